The maximum atomic E-state index is 11.6. The van der Waals surface area contributed by atoms with E-state index < -0.39 is 11.5 Å². The lowest BCUT2D eigenvalue weighted by Crippen LogP contribution is -2.27. The van der Waals surface area contributed by atoms with Gasteiger partial charge in [0.25, 0.3) is 5.56 Å². The molecule has 1 N–H and O–H groups in total. The van der Waals surface area contributed by atoms with E-state index in [1.165, 1.54) is 13.3 Å². The molecule has 1 rings (SSSR count). The summed E-state index contributed by atoms with van der Waals surface area (Å²) in [5, 5.41) is 0. The van der Waals surface area contributed by atoms with Crippen LogP contribution in [0.25, 0.3) is 0 Å². The topological polar surface area (TPSA) is 72.0 Å². The number of carbonyl (C=O) groups excluding carboxylic acids is 1. The SMILES string of the molecule is CCC(C)(C)c1ncc(C(=O)OC)c(=O)[nH]1. The van der Waals surface area contributed by atoms with Crippen LogP contribution in [0.2, 0.25) is 0 Å². The molecule has 0 radical (unpaired) electrons. The predicted molar refractivity (Wildman–Crippen MR) is 59.5 cm³/mol. The first-order valence-electron chi connectivity index (χ1n) is 5.10. The van der Waals surface area contributed by atoms with Gasteiger partial charge in [0.1, 0.15) is 11.4 Å². The van der Waals surface area contributed by atoms with Crippen molar-refractivity contribution >= 4 is 5.97 Å². The van der Waals surface area contributed by atoms with E-state index in [0.717, 1.165) is 6.42 Å². The zero-order valence-electron chi connectivity index (χ0n) is 9.96. The molecule has 5 nitrogen and oxygen atoms in total. The minimum absolute atomic E-state index is 0.0712. The molecule has 0 atom stereocenters. The Labute approximate surface area is 93.9 Å². The molecule has 0 aliphatic heterocycles. The van der Waals surface area contributed by atoms with Crippen LogP contribution in [0.4, 0.5) is 0 Å². The molecule has 0 aliphatic carbocycles. The molecule has 0 spiro atoms. The minimum Gasteiger partial charge on any atom is -0.465 e. The van der Waals surface area contributed by atoms with E-state index in [4.69, 9.17) is 0 Å². The first-order valence-corrected chi connectivity index (χ1v) is 5.10. The van der Waals surface area contributed by atoms with Gasteiger partial charge in [-0.3, -0.25) is 4.79 Å². The first kappa shape index (κ1) is 12.4. The maximum absolute atomic E-state index is 11.6. The van der Waals surface area contributed by atoms with Crippen LogP contribution in [0.5, 0.6) is 0 Å². The van der Waals surface area contributed by atoms with Gasteiger partial charge in [-0.05, 0) is 6.42 Å². The fraction of sp³-hybridized carbons (Fsp3) is 0.545. The highest BCUT2D eigenvalue weighted by Gasteiger charge is 2.22. The van der Waals surface area contributed by atoms with Gasteiger partial charge in [0.05, 0.1) is 7.11 Å². The fourth-order valence-electron chi connectivity index (χ4n) is 1.16. The molecule has 1 aromatic heterocycles. The number of aromatic nitrogens is 2. The lowest BCUT2D eigenvalue weighted by molar-refractivity contribution is 0.0598. The lowest BCUT2D eigenvalue weighted by Gasteiger charge is -2.20. The number of esters is 1. The van der Waals surface area contributed by atoms with Gasteiger partial charge in [0.15, 0.2) is 0 Å². The molecule has 0 saturated heterocycles. The standard InChI is InChI=1S/C11H16N2O3/c1-5-11(2,3)10-12-6-7(8(14)13-10)9(15)16-4/h6H,5H2,1-4H3,(H,12,13,14). The Morgan fingerprint density at radius 1 is 1.56 bits per heavy atom. The summed E-state index contributed by atoms with van der Waals surface area (Å²) in [5.41, 5.74) is -0.745. The van der Waals surface area contributed by atoms with E-state index in [9.17, 15) is 9.59 Å². The number of methoxy groups -OCH3 is 1. The Morgan fingerprint density at radius 2 is 2.19 bits per heavy atom. The highest BCUT2D eigenvalue weighted by Crippen LogP contribution is 2.21. The van der Waals surface area contributed by atoms with Gasteiger partial charge < -0.3 is 9.72 Å². The number of aromatic amines is 1. The van der Waals surface area contributed by atoms with E-state index in [-0.39, 0.29) is 11.0 Å². The normalized spacial score (nSPS) is 11.2. The average molecular weight is 224 g/mol. The third-order valence-corrected chi connectivity index (χ3v) is 2.73. The van der Waals surface area contributed by atoms with Crippen molar-refractivity contribution in [3.05, 3.63) is 27.9 Å². The number of hydrogen-bond acceptors (Lipinski definition) is 4. The summed E-state index contributed by atoms with van der Waals surface area (Å²) in [6.45, 7) is 5.96. The molecule has 0 unspecified atom stereocenters. The van der Waals surface area contributed by atoms with E-state index >= 15 is 0 Å². The molecule has 0 aliphatic rings. The largest absolute Gasteiger partial charge is 0.465 e. The van der Waals surface area contributed by atoms with Gasteiger partial charge in [-0.2, -0.15) is 0 Å². The lowest BCUT2D eigenvalue weighted by atomic mass is 9.89. The molecule has 5 heteroatoms. The second kappa shape index (κ2) is 4.47. The number of nitrogens with zero attached hydrogens (tertiary/aromatic N) is 1. The summed E-state index contributed by atoms with van der Waals surface area (Å²) in [4.78, 5) is 29.5. The number of hydrogen-bond donors (Lipinski definition) is 1. The zero-order valence-corrected chi connectivity index (χ0v) is 9.96. The van der Waals surface area contributed by atoms with Crippen LogP contribution in [0.15, 0.2) is 11.0 Å². The highest BCUT2D eigenvalue weighted by molar-refractivity contribution is 5.88. The second-order valence-corrected chi connectivity index (χ2v) is 4.20. The van der Waals surface area contributed by atoms with Crippen LogP contribution in [0.1, 0.15) is 43.4 Å². The van der Waals surface area contributed by atoms with E-state index in [1.807, 2.05) is 20.8 Å². The highest BCUT2D eigenvalue weighted by atomic mass is 16.5. The smallest absolute Gasteiger partial charge is 0.345 e. The first-order chi connectivity index (χ1) is 7.42. The maximum Gasteiger partial charge on any atom is 0.345 e. The van der Waals surface area contributed by atoms with Crippen molar-refractivity contribution < 1.29 is 9.53 Å². The van der Waals surface area contributed by atoms with Crippen molar-refractivity contribution in [1.82, 2.24) is 9.97 Å². The molecular formula is C11H16N2O3. The number of ether oxygens (including phenoxy) is 1. The van der Waals surface area contributed by atoms with Gasteiger partial charge in [0.2, 0.25) is 0 Å². The second-order valence-electron chi connectivity index (χ2n) is 4.20. The van der Waals surface area contributed by atoms with Crippen molar-refractivity contribution in [2.75, 3.05) is 7.11 Å². The Balaban J connectivity index is 3.19. The molecule has 0 saturated carbocycles. The van der Waals surface area contributed by atoms with E-state index in [1.54, 1.807) is 0 Å². The predicted octanol–water partition coefficient (Wildman–Crippen LogP) is 1.24. The molecule has 1 aromatic rings. The zero-order chi connectivity index (χ0) is 12.3. The fourth-order valence-corrected chi connectivity index (χ4v) is 1.16. The molecule has 88 valence electrons. The monoisotopic (exact) mass is 224 g/mol. The molecule has 0 fully saturated rings. The van der Waals surface area contributed by atoms with Crippen LogP contribution < -0.4 is 5.56 Å². The number of carbonyl (C=O) groups is 1. The van der Waals surface area contributed by atoms with Gasteiger partial charge >= 0.3 is 5.97 Å². The summed E-state index contributed by atoms with van der Waals surface area (Å²) in [6, 6.07) is 0. The van der Waals surface area contributed by atoms with Crippen molar-refractivity contribution in [3.63, 3.8) is 0 Å². The van der Waals surface area contributed by atoms with Crippen LogP contribution in [-0.4, -0.2) is 23.0 Å². The number of rotatable bonds is 3. The average Bonchev–Trinajstić information content (AvgIpc) is 2.28. The van der Waals surface area contributed by atoms with Crippen LogP contribution in [0, 0.1) is 0 Å². The Hall–Kier alpha value is -1.65. The Bertz CT molecular complexity index is 449. The molecular weight excluding hydrogens is 208 g/mol. The van der Waals surface area contributed by atoms with Crippen LogP contribution in [-0.2, 0) is 10.2 Å². The van der Waals surface area contributed by atoms with E-state index in [2.05, 4.69) is 14.7 Å². The van der Waals surface area contributed by atoms with Gasteiger partial charge in [-0.1, -0.05) is 20.8 Å². The van der Waals surface area contributed by atoms with Crippen molar-refractivity contribution in [2.24, 2.45) is 0 Å². The summed E-state index contributed by atoms with van der Waals surface area (Å²) >= 11 is 0. The molecule has 1 heterocycles. The number of H-pyrrole nitrogens is 1. The van der Waals surface area contributed by atoms with Crippen molar-refractivity contribution in [2.45, 2.75) is 32.6 Å². The summed E-state index contributed by atoms with van der Waals surface area (Å²) in [6.07, 6.45) is 2.10. The van der Waals surface area contributed by atoms with Crippen molar-refractivity contribution in [3.8, 4) is 0 Å². The summed E-state index contributed by atoms with van der Waals surface area (Å²) in [7, 11) is 1.23. The quantitative estimate of drug-likeness (QED) is 0.784. The van der Waals surface area contributed by atoms with Crippen LogP contribution in [0.3, 0.4) is 0 Å². The summed E-state index contributed by atoms with van der Waals surface area (Å²) in [5.74, 6) is -0.0951. The van der Waals surface area contributed by atoms with Gasteiger partial charge in [0, 0.05) is 11.6 Å². The van der Waals surface area contributed by atoms with E-state index in [0.29, 0.717) is 5.82 Å². The summed E-state index contributed by atoms with van der Waals surface area (Å²) < 4.78 is 4.47. The Morgan fingerprint density at radius 3 is 2.62 bits per heavy atom. The minimum atomic E-state index is -0.672. The number of nitrogens with one attached hydrogen (secondary N) is 1. The molecule has 0 aromatic carbocycles. The molecule has 0 amide bonds. The van der Waals surface area contributed by atoms with Crippen molar-refractivity contribution in [1.29, 1.82) is 0 Å². The van der Waals surface area contributed by atoms with Gasteiger partial charge in [-0.25, -0.2) is 9.78 Å². The Kier molecular flexibility index (Phi) is 3.47. The van der Waals surface area contributed by atoms with Gasteiger partial charge in [-0.15, -0.1) is 0 Å². The third kappa shape index (κ3) is 2.29. The third-order valence-electron chi connectivity index (χ3n) is 2.73. The molecule has 16 heavy (non-hydrogen) atoms. The van der Waals surface area contributed by atoms with Crippen LogP contribution >= 0.6 is 0 Å². The molecule has 0 bridgehead atoms.